The summed E-state index contributed by atoms with van der Waals surface area (Å²) in [6.45, 7) is 5.99. The number of hydrogen-bond acceptors (Lipinski definition) is 10. The van der Waals surface area contributed by atoms with Crippen LogP contribution in [0.3, 0.4) is 0 Å². The van der Waals surface area contributed by atoms with Crippen LogP contribution in [-0.4, -0.2) is 76.0 Å². The molecule has 0 aromatic heterocycles. The van der Waals surface area contributed by atoms with Gasteiger partial charge in [-0.05, 0) is 62.4 Å². The summed E-state index contributed by atoms with van der Waals surface area (Å²) < 4.78 is 20.9. The van der Waals surface area contributed by atoms with Crippen molar-refractivity contribution in [1.29, 1.82) is 0 Å². The van der Waals surface area contributed by atoms with Crippen LogP contribution in [0.4, 0.5) is 0 Å². The lowest BCUT2D eigenvalue weighted by Gasteiger charge is -2.39. The molecule has 1 aliphatic heterocycles. The average molecular weight is 535 g/mol. The fourth-order valence-electron chi connectivity index (χ4n) is 3.39. The summed E-state index contributed by atoms with van der Waals surface area (Å²) in [6, 6.07) is 12.5. The fraction of sp³-hybridized carbons (Fsp3) is 0.346. The first kappa shape index (κ1) is 28.3. The van der Waals surface area contributed by atoms with Crippen molar-refractivity contribution in [1.82, 2.24) is 0 Å². The second-order valence-electron chi connectivity index (χ2n) is 8.69. The molecule has 0 bridgehead atoms. The van der Waals surface area contributed by atoms with Crippen molar-refractivity contribution in [3.63, 3.8) is 0 Å². The standard InChI is InChI=1S/C26H27ClO10/c1-4-13-34-23(32)22-20(30)19(29)21(31)24(35-22)36-25(33)26(2,3)37-17-11-7-15(8-12-17)18(28)14-5-9-16(27)10-6-14/h4-12,19-22,24,29-31H,1,13H2,2-3H3/t19?,20-,21?,22?,24+/m1/s1. The molecule has 10 nitrogen and oxygen atoms in total. The van der Waals surface area contributed by atoms with Crippen LogP contribution >= 0.6 is 11.6 Å². The van der Waals surface area contributed by atoms with Gasteiger partial charge in [0, 0.05) is 16.1 Å². The summed E-state index contributed by atoms with van der Waals surface area (Å²) in [5, 5.41) is 30.9. The van der Waals surface area contributed by atoms with E-state index in [-0.39, 0.29) is 18.1 Å². The summed E-state index contributed by atoms with van der Waals surface area (Å²) in [6.07, 6.45) is -7.75. The molecule has 3 rings (SSSR count). The molecule has 0 amide bonds. The van der Waals surface area contributed by atoms with Crippen molar-refractivity contribution in [2.75, 3.05) is 6.61 Å². The Morgan fingerprint density at radius 3 is 2.11 bits per heavy atom. The smallest absolute Gasteiger partial charge is 0.352 e. The maximum absolute atomic E-state index is 12.8. The van der Waals surface area contributed by atoms with Gasteiger partial charge >= 0.3 is 11.9 Å². The minimum absolute atomic E-state index is 0.181. The first-order chi connectivity index (χ1) is 17.4. The molecule has 5 atom stereocenters. The molecule has 198 valence electrons. The molecular formula is C26H27ClO10. The number of aliphatic hydroxyl groups excluding tert-OH is 3. The van der Waals surface area contributed by atoms with E-state index in [9.17, 15) is 29.7 Å². The molecule has 37 heavy (non-hydrogen) atoms. The Labute approximate surface area is 218 Å². The zero-order valence-corrected chi connectivity index (χ0v) is 20.8. The highest BCUT2D eigenvalue weighted by atomic mass is 35.5. The number of ether oxygens (including phenoxy) is 4. The number of rotatable bonds is 9. The topological polar surface area (TPSA) is 149 Å². The highest BCUT2D eigenvalue weighted by molar-refractivity contribution is 6.30. The lowest BCUT2D eigenvalue weighted by molar-refractivity contribution is -0.290. The molecule has 0 aliphatic carbocycles. The molecule has 2 aromatic rings. The Balaban J connectivity index is 1.66. The van der Waals surface area contributed by atoms with E-state index in [1.807, 2.05) is 0 Å². The van der Waals surface area contributed by atoms with Gasteiger partial charge in [0.2, 0.25) is 6.29 Å². The van der Waals surface area contributed by atoms with E-state index in [0.717, 1.165) is 0 Å². The summed E-state index contributed by atoms with van der Waals surface area (Å²) in [4.78, 5) is 37.6. The summed E-state index contributed by atoms with van der Waals surface area (Å²) >= 11 is 5.86. The minimum atomic E-state index is -1.86. The van der Waals surface area contributed by atoms with Gasteiger partial charge in [0.15, 0.2) is 17.5 Å². The molecular weight excluding hydrogens is 508 g/mol. The van der Waals surface area contributed by atoms with Crippen LogP contribution in [0.25, 0.3) is 0 Å². The number of ketones is 1. The lowest BCUT2D eigenvalue weighted by atomic mass is 9.99. The maximum Gasteiger partial charge on any atom is 0.352 e. The number of carbonyl (C=O) groups is 3. The Kier molecular flexibility index (Phi) is 9.06. The van der Waals surface area contributed by atoms with Crippen LogP contribution in [0.15, 0.2) is 61.2 Å². The van der Waals surface area contributed by atoms with Gasteiger partial charge < -0.3 is 34.3 Å². The van der Waals surface area contributed by atoms with Crippen LogP contribution < -0.4 is 4.74 Å². The van der Waals surface area contributed by atoms with Crippen molar-refractivity contribution < 1.29 is 48.7 Å². The van der Waals surface area contributed by atoms with Crippen LogP contribution in [0.2, 0.25) is 5.02 Å². The second kappa shape index (κ2) is 11.8. The van der Waals surface area contributed by atoms with E-state index in [4.69, 9.17) is 30.5 Å². The van der Waals surface area contributed by atoms with E-state index in [2.05, 4.69) is 6.58 Å². The van der Waals surface area contributed by atoms with E-state index in [0.29, 0.717) is 16.1 Å². The van der Waals surface area contributed by atoms with Crippen molar-refractivity contribution >= 4 is 29.3 Å². The number of benzene rings is 2. The molecule has 2 aromatic carbocycles. The molecule has 3 N–H and O–H groups in total. The average Bonchev–Trinajstić information content (AvgIpc) is 2.87. The first-order valence-corrected chi connectivity index (χ1v) is 11.6. The van der Waals surface area contributed by atoms with Crippen LogP contribution in [-0.2, 0) is 23.8 Å². The summed E-state index contributed by atoms with van der Waals surface area (Å²) in [7, 11) is 0. The SMILES string of the molecule is C=CCOC(=O)C1O[C@@H](OC(=O)C(C)(C)Oc2ccc(C(=O)c3ccc(Cl)cc3)cc2)C(O)C(O)[C@H]1O. The molecule has 1 heterocycles. The Morgan fingerprint density at radius 1 is 0.973 bits per heavy atom. The predicted octanol–water partition coefficient (Wildman–Crippen LogP) is 1.81. The molecule has 11 heteroatoms. The van der Waals surface area contributed by atoms with Crippen molar-refractivity contribution in [2.24, 2.45) is 0 Å². The molecule has 0 radical (unpaired) electrons. The molecule has 0 spiro atoms. The molecule has 0 saturated carbocycles. The van der Waals surface area contributed by atoms with E-state index >= 15 is 0 Å². The number of halogens is 1. The van der Waals surface area contributed by atoms with Crippen molar-refractivity contribution in [2.45, 2.75) is 50.2 Å². The van der Waals surface area contributed by atoms with Gasteiger partial charge in [0.1, 0.15) is 30.7 Å². The fourth-order valence-corrected chi connectivity index (χ4v) is 3.52. The molecule has 1 fully saturated rings. The van der Waals surface area contributed by atoms with Gasteiger partial charge in [-0.1, -0.05) is 24.3 Å². The second-order valence-corrected chi connectivity index (χ2v) is 9.13. The molecule has 1 saturated heterocycles. The summed E-state index contributed by atoms with van der Waals surface area (Å²) in [5.74, 6) is -2.03. The predicted molar refractivity (Wildman–Crippen MR) is 130 cm³/mol. The number of esters is 2. The van der Waals surface area contributed by atoms with Gasteiger partial charge in [0.05, 0.1) is 0 Å². The van der Waals surface area contributed by atoms with Crippen molar-refractivity contribution in [3.05, 3.63) is 77.3 Å². The third-order valence-electron chi connectivity index (χ3n) is 5.46. The minimum Gasteiger partial charge on any atom is -0.476 e. The number of aliphatic hydroxyl groups is 3. The van der Waals surface area contributed by atoms with E-state index in [1.165, 1.54) is 44.2 Å². The zero-order valence-electron chi connectivity index (χ0n) is 20.1. The lowest BCUT2D eigenvalue weighted by Crippen LogP contribution is -2.61. The van der Waals surface area contributed by atoms with Gasteiger partial charge in [0.25, 0.3) is 0 Å². The van der Waals surface area contributed by atoms with Gasteiger partial charge in [-0.3, -0.25) is 4.79 Å². The van der Waals surface area contributed by atoms with Gasteiger partial charge in [-0.15, -0.1) is 0 Å². The zero-order chi connectivity index (χ0) is 27.3. The van der Waals surface area contributed by atoms with Crippen LogP contribution in [0.5, 0.6) is 5.75 Å². The normalized spacial score (nSPS) is 23.6. The monoisotopic (exact) mass is 534 g/mol. The third-order valence-corrected chi connectivity index (χ3v) is 5.71. The maximum atomic E-state index is 12.8. The Hall–Kier alpha value is -3.28. The number of hydrogen-bond donors (Lipinski definition) is 3. The molecule has 1 aliphatic rings. The van der Waals surface area contributed by atoms with E-state index < -0.39 is 48.2 Å². The van der Waals surface area contributed by atoms with Crippen LogP contribution in [0, 0.1) is 0 Å². The number of carbonyl (C=O) groups excluding carboxylic acids is 3. The Morgan fingerprint density at radius 2 is 1.54 bits per heavy atom. The molecule has 3 unspecified atom stereocenters. The third kappa shape index (κ3) is 6.73. The van der Waals surface area contributed by atoms with E-state index in [1.54, 1.807) is 24.3 Å². The summed E-state index contributed by atoms with van der Waals surface area (Å²) in [5.41, 5.74) is -0.785. The highest BCUT2D eigenvalue weighted by Gasteiger charge is 2.50. The van der Waals surface area contributed by atoms with Crippen LogP contribution in [0.1, 0.15) is 29.8 Å². The largest absolute Gasteiger partial charge is 0.476 e. The van der Waals surface area contributed by atoms with Crippen molar-refractivity contribution in [3.8, 4) is 5.75 Å². The highest BCUT2D eigenvalue weighted by Crippen LogP contribution is 2.27. The van der Waals surface area contributed by atoms with Gasteiger partial charge in [-0.2, -0.15) is 0 Å². The quantitative estimate of drug-likeness (QED) is 0.247. The Bertz CT molecular complexity index is 1130. The van der Waals surface area contributed by atoms with Gasteiger partial charge in [-0.25, -0.2) is 9.59 Å². The first-order valence-electron chi connectivity index (χ1n) is 11.2.